The monoisotopic (exact) mass is 218 g/mol. The highest BCUT2D eigenvalue weighted by Crippen LogP contribution is 2.10. The lowest BCUT2D eigenvalue weighted by atomic mass is 10.2. The van der Waals surface area contributed by atoms with E-state index in [0.29, 0.717) is 13.0 Å². The zero-order valence-corrected chi connectivity index (χ0v) is 8.84. The predicted octanol–water partition coefficient (Wildman–Crippen LogP) is 1.16. The fraction of sp³-hybridized carbons (Fsp3) is 0.273. The number of pyridine rings is 1. The molecule has 0 aliphatic carbocycles. The van der Waals surface area contributed by atoms with E-state index in [1.54, 1.807) is 29.4 Å². The average Bonchev–Trinajstić information content (AvgIpc) is 2.31. The van der Waals surface area contributed by atoms with E-state index in [-0.39, 0.29) is 12.2 Å². The highest BCUT2D eigenvalue weighted by molar-refractivity contribution is 5.89. The molecule has 1 aromatic rings. The van der Waals surface area contributed by atoms with E-state index in [1.807, 2.05) is 12.2 Å². The summed E-state index contributed by atoms with van der Waals surface area (Å²) in [5.41, 5.74) is 6.56. The summed E-state index contributed by atoms with van der Waals surface area (Å²) in [5, 5.41) is 2.78. The van der Waals surface area contributed by atoms with E-state index in [9.17, 15) is 4.79 Å². The van der Waals surface area contributed by atoms with Crippen molar-refractivity contribution >= 4 is 11.7 Å². The molecule has 0 bridgehead atoms. The molecule has 0 aromatic carbocycles. The summed E-state index contributed by atoms with van der Waals surface area (Å²) in [6, 6.07) is 3.30. The van der Waals surface area contributed by atoms with E-state index in [0.717, 1.165) is 5.69 Å². The fourth-order valence-corrected chi connectivity index (χ4v) is 1.55. The molecule has 3 N–H and O–H groups in total. The quantitative estimate of drug-likeness (QED) is 0.695. The molecule has 2 heterocycles. The van der Waals surface area contributed by atoms with Crippen molar-refractivity contribution in [2.45, 2.75) is 12.6 Å². The number of carbonyl (C=O) groups is 1. The molecule has 2 amide bonds. The lowest BCUT2D eigenvalue weighted by Gasteiger charge is -2.29. The van der Waals surface area contributed by atoms with Crippen molar-refractivity contribution in [1.29, 1.82) is 0 Å². The number of urea groups is 1. The van der Waals surface area contributed by atoms with E-state index < -0.39 is 0 Å². The van der Waals surface area contributed by atoms with Crippen LogP contribution in [0.15, 0.2) is 36.7 Å². The van der Waals surface area contributed by atoms with Crippen molar-refractivity contribution < 1.29 is 4.79 Å². The van der Waals surface area contributed by atoms with Gasteiger partial charge in [0.25, 0.3) is 0 Å². The maximum atomic E-state index is 11.9. The summed E-state index contributed by atoms with van der Waals surface area (Å²) < 4.78 is 0. The van der Waals surface area contributed by atoms with Gasteiger partial charge in [0.15, 0.2) is 0 Å². The molecule has 5 nitrogen and oxygen atoms in total. The lowest BCUT2D eigenvalue weighted by molar-refractivity contribution is 0.194. The van der Waals surface area contributed by atoms with Gasteiger partial charge in [0.2, 0.25) is 0 Å². The minimum absolute atomic E-state index is 0.178. The third-order valence-electron chi connectivity index (χ3n) is 2.44. The zero-order valence-electron chi connectivity index (χ0n) is 8.84. The Kier molecular flexibility index (Phi) is 3.16. The van der Waals surface area contributed by atoms with Crippen LogP contribution in [0.5, 0.6) is 0 Å². The van der Waals surface area contributed by atoms with Gasteiger partial charge >= 0.3 is 6.03 Å². The molecule has 0 saturated heterocycles. The Bertz CT molecular complexity index is 390. The number of anilines is 1. The van der Waals surface area contributed by atoms with Crippen LogP contribution in [0.4, 0.5) is 10.5 Å². The summed E-state index contributed by atoms with van der Waals surface area (Å²) in [6.45, 7) is 0.554. The Morgan fingerprint density at radius 2 is 2.19 bits per heavy atom. The number of hydrogen-bond donors (Lipinski definition) is 2. The van der Waals surface area contributed by atoms with Gasteiger partial charge in [-0.1, -0.05) is 12.2 Å². The molecule has 5 heteroatoms. The number of nitrogens with two attached hydrogens (primary N) is 1. The Morgan fingerprint density at radius 3 is 2.88 bits per heavy atom. The van der Waals surface area contributed by atoms with E-state index in [2.05, 4.69) is 10.3 Å². The molecule has 16 heavy (non-hydrogen) atoms. The van der Waals surface area contributed by atoms with Gasteiger partial charge in [-0.15, -0.1) is 0 Å². The van der Waals surface area contributed by atoms with Crippen LogP contribution in [0.1, 0.15) is 6.42 Å². The van der Waals surface area contributed by atoms with Crippen molar-refractivity contribution in [2.75, 3.05) is 11.9 Å². The Hall–Kier alpha value is -1.88. The van der Waals surface area contributed by atoms with Crippen molar-refractivity contribution in [2.24, 2.45) is 5.73 Å². The smallest absolute Gasteiger partial charge is 0.311 e. The fourth-order valence-electron chi connectivity index (χ4n) is 1.55. The minimum Gasteiger partial charge on any atom is -0.311 e. The van der Waals surface area contributed by atoms with Gasteiger partial charge < -0.3 is 16.0 Å². The molecular weight excluding hydrogens is 204 g/mol. The molecule has 1 aliphatic heterocycles. The highest BCUT2D eigenvalue weighted by Gasteiger charge is 2.20. The van der Waals surface area contributed by atoms with Crippen molar-refractivity contribution in [3.8, 4) is 0 Å². The second kappa shape index (κ2) is 4.76. The number of rotatable bonds is 1. The summed E-state index contributed by atoms with van der Waals surface area (Å²) >= 11 is 0. The summed E-state index contributed by atoms with van der Waals surface area (Å²) in [4.78, 5) is 17.3. The molecule has 2 rings (SSSR count). The Labute approximate surface area is 94.0 Å². The number of nitrogens with one attached hydrogen (secondary N) is 1. The molecule has 84 valence electrons. The number of carbonyl (C=O) groups excluding carboxylic acids is 1. The van der Waals surface area contributed by atoms with Crippen LogP contribution < -0.4 is 11.1 Å². The maximum Gasteiger partial charge on any atom is 0.323 e. The van der Waals surface area contributed by atoms with Gasteiger partial charge in [0.1, 0.15) is 0 Å². The molecular formula is C11H14N4O. The van der Waals surface area contributed by atoms with E-state index >= 15 is 0 Å². The number of amides is 2. The number of hydrogen-bond acceptors (Lipinski definition) is 3. The first kappa shape index (κ1) is 10.6. The number of nitrogens with zero attached hydrogens (tertiary/aromatic N) is 2. The van der Waals surface area contributed by atoms with Crippen molar-refractivity contribution in [1.82, 2.24) is 9.88 Å². The second-order valence-electron chi connectivity index (χ2n) is 3.59. The van der Waals surface area contributed by atoms with E-state index in [4.69, 9.17) is 5.73 Å². The van der Waals surface area contributed by atoms with Gasteiger partial charge in [-0.2, -0.15) is 0 Å². The SMILES string of the molecule is NC1CC=CCN1C(=O)Nc1ccncc1. The largest absolute Gasteiger partial charge is 0.323 e. The van der Waals surface area contributed by atoms with Crippen LogP contribution in [0.25, 0.3) is 0 Å². The first-order valence-electron chi connectivity index (χ1n) is 5.15. The van der Waals surface area contributed by atoms with Gasteiger partial charge in [0.05, 0.1) is 6.17 Å². The maximum absolute atomic E-state index is 11.9. The third kappa shape index (κ3) is 2.38. The van der Waals surface area contributed by atoms with Crippen LogP contribution in [-0.2, 0) is 0 Å². The van der Waals surface area contributed by atoms with Crippen molar-refractivity contribution in [3.63, 3.8) is 0 Å². The second-order valence-corrected chi connectivity index (χ2v) is 3.59. The summed E-state index contributed by atoms with van der Waals surface area (Å²) in [6.07, 6.45) is 7.64. The average molecular weight is 218 g/mol. The standard InChI is InChI=1S/C11H14N4O/c12-10-3-1-2-8-15(10)11(16)14-9-4-6-13-7-5-9/h1-2,4-7,10H,3,8,12H2,(H,13,14,16). The molecule has 1 unspecified atom stereocenters. The molecule has 1 aromatic heterocycles. The van der Waals surface area contributed by atoms with Gasteiger partial charge in [-0.3, -0.25) is 4.98 Å². The summed E-state index contributed by atoms with van der Waals surface area (Å²) in [7, 11) is 0. The van der Waals surface area contributed by atoms with Gasteiger partial charge in [-0.05, 0) is 18.6 Å². The molecule has 0 fully saturated rings. The van der Waals surface area contributed by atoms with E-state index in [1.165, 1.54) is 0 Å². The molecule has 0 saturated carbocycles. The lowest BCUT2D eigenvalue weighted by Crippen LogP contribution is -2.49. The Balaban J connectivity index is 2.00. The normalized spacial score (nSPS) is 19.6. The van der Waals surface area contributed by atoms with Crippen LogP contribution in [0.2, 0.25) is 0 Å². The molecule has 1 aliphatic rings. The molecule has 0 radical (unpaired) electrons. The molecule has 1 atom stereocenters. The minimum atomic E-state index is -0.244. The van der Waals surface area contributed by atoms with Crippen LogP contribution >= 0.6 is 0 Å². The van der Waals surface area contributed by atoms with Crippen LogP contribution in [-0.4, -0.2) is 28.6 Å². The zero-order chi connectivity index (χ0) is 11.4. The van der Waals surface area contributed by atoms with Crippen LogP contribution in [0, 0.1) is 0 Å². The summed E-state index contributed by atoms with van der Waals surface area (Å²) in [5.74, 6) is 0. The van der Waals surface area contributed by atoms with Gasteiger partial charge in [0, 0.05) is 24.6 Å². The van der Waals surface area contributed by atoms with Crippen molar-refractivity contribution in [3.05, 3.63) is 36.7 Å². The molecule has 0 spiro atoms. The predicted molar refractivity (Wildman–Crippen MR) is 61.7 cm³/mol. The third-order valence-corrected chi connectivity index (χ3v) is 2.44. The number of aromatic nitrogens is 1. The highest BCUT2D eigenvalue weighted by atomic mass is 16.2. The van der Waals surface area contributed by atoms with Crippen LogP contribution in [0.3, 0.4) is 0 Å². The topological polar surface area (TPSA) is 71.2 Å². The first-order chi connectivity index (χ1) is 7.77. The van der Waals surface area contributed by atoms with Gasteiger partial charge in [-0.25, -0.2) is 4.79 Å². The Morgan fingerprint density at radius 1 is 1.44 bits per heavy atom. The first-order valence-corrected chi connectivity index (χ1v) is 5.15.